The second-order valence-corrected chi connectivity index (χ2v) is 6.13. The molecule has 1 aromatic heterocycles. The van der Waals surface area contributed by atoms with Crippen LogP contribution in [0.25, 0.3) is 0 Å². The van der Waals surface area contributed by atoms with Gasteiger partial charge in [0, 0.05) is 4.47 Å². The van der Waals surface area contributed by atoms with Crippen LogP contribution in [0.2, 0.25) is 0 Å². The van der Waals surface area contributed by atoms with Crippen molar-refractivity contribution >= 4 is 37.5 Å². The first-order valence-electron chi connectivity index (χ1n) is 4.97. The molecule has 0 unspecified atom stereocenters. The quantitative estimate of drug-likeness (QED) is 0.905. The van der Waals surface area contributed by atoms with Gasteiger partial charge in [-0.15, -0.1) is 0 Å². The lowest BCUT2D eigenvalue weighted by molar-refractivity contribution is 0.601. The molecule has 94 valence electrons. The largest absolute Gasteiger partial charge is 0.384 e. The molecule has 18 heavy (non-hydrogen) atoms. The van der Waals surface area contributed by atoms with Crippen LogP contribution < -0.4 is 10.5 Å². The second-order valence-electron chi connectivity index (χ2n) is 3.53. The number of hydrogen-bond acceptors (Lipinski definition) is 4. The maximum Gasteiger partial charge on any atom is 0.261 e. The Morgan fingerprint density at radius 3 is 2.33 bits per heavy atom. The molecule has 0 amide bonds. The van der Waals surface area contributed by atoms with E-state index in [0.717, 1.165) is 4.47 Å². The smallest absolute Gasteiger partial charge is 0.261 e. The molecule has 2 rings (SSSR count). The molecule has 5 nitrogen and oxygen atoms in total. The Balaban J connectivity index is 2.27. The van der Waals surface area contributed by atoms with Crippen LogP contribution in [-0.4, -0.2) is 13.4 Å². The van der Waals surface area contributed by atoms with Gasteiger partial charge < -0.3 is 5.73 Å². The van der Waals surface area contributed by atoms with Gasteiger partial charge in [-0.1, -0.05) is 15.9 Å². The number of hydrogen-bond donors (Lipinski definition) is 2. The van der Waals surface area contributed by atoms with Crippen molar-refractivity contribution in [3.05, 3.63) is 47.1 Å². The maximum absolute atomic E-state index is 12.0. The van der Waals surface area contributed by atoms with Crippen molar-refractivity contribution in [1.29, 1.82) is 0 Å². The molecule has 0 spiro atoms. The third-order valence-electron chi connectivity index (χ3n) is 2.16. The van der Waals surface area contributed by atoms with Crippen LogP contribution >= 0.6 is 15.9 Å². The van der Waals surface area contributed by atoms with E-state index in [4.69, 9.17) is 5.73 Å². The van der Waals surface area contributed by atoms with Gasteiger partial charge in [0.2, 0.25) is 0 Å². The van der Waals surface area contributed by atoms with Gasteiger partial charge in [-0.3, -0.25) is 4.72 Å². The Hall–Kier alpha value is -1.60. The highest BCUT2D eigenvalue weighted by atomic mass is 79.9. The molecule has 1 aromatic carbocycles. The number of anilines is 2. The van der Waals surface area contributed by atoms with Crippen molar-refractivity contribution in [3.63, 3.8) is 0 Å². The normalized spacial score (nSPS) is 11.2. The topological polar surface area (TPSA) is 85.1 Å². The number of nitrogens with zero attached hydrogens (tertiary/aromatic N) is 1. The molecule has 0 bridgehead atoms. The zero-order valence-corrected chi connectivity index (χ0v) is 11.6. The number of nitrogen functional groups attached to an aromatic ring is 1. The average Bonchev–Trinajstić information content (AvgIpc) is 2.32. The van der Waals surface area contributed by atoms with Crippen LogP contribution in [0, 0.1) is 0 Å². The summed E-state index contributed by atoms with van der Waals surface area (Å²) in [6.07, 6.45) is 1.37. The molecule has 0 aliphatic rings. The van der Waals surface area contributed by atoms with E-state index in [1.165, 1.54) is 24.4 Å². The molecule has 0 fully saturated rings. The van der Waals surface area contributed by atoms with Gasteiger partial charge in [0.15, 0.2) is 0 Å². The predicted molar refractivity (Wildman–Crippen MR) is 73.6 cm³/mol. The van der Waals surface area contributed by atoms with E-state index < -0.39 is 10.0 Å². The molecule has 0 atom stereocenters. The first-order chi connectivity index (χ1) is 8.47. The van der Waals surface area contributed by atoms with Gasteiger partial charge in [0.25, 0.3) is 10.0 Å². The van der Waals surface area contributed by atoms with Crippen LogP contribution in [0.15, 0.2) is 52.0 Å². The molecular weight excluding hydrogens is 318 g/mol. The van der Waals surface area contributed by atoms with E-state index in [9.17, 15) is 8.42 Å². The molecule has 7 heteroatoms. The van der Waals surface area contributed by atoms with Crippen molar-refractivity contribution in [2.45, 2.75) is 4.90 Å². The van der Waals surface area contributed by atoms with Gasteiger partial charge in [-0.25, -0.2) is 13.4 Å². The molecule has 3 N–H and O–H groups in total. The van der Waals surface area contributed by atoms with E-state index >= 15 is 0 Å². The summed E-state index contributed by atoms with van der Waals surface area (Å²) in [5.74, 6) is 0.335. The summed E-state index contributed by atoms with van der Waals surface area (Å²) in [5.41, 5.74) is 5.79. The molecule has 0 saturated heterocycles. The molecule has 0 aliphatic heterocycles. The molecule has 0 aliphatic carbocycles. The fourth-order valence-corrected chi connectivity index (χ4v) is 2.60. The fourth-order valence-electron chi connectivity index (χ4n) is 1.29. The van der Waals surface area contributed by atoms with Crippen molar-refractivity contribution in [3.8, 4) is 0 Å². The van der Waals surface area contributed by atoms with Crippen LogP contribution in [-0.2, 0) is 10.0 Å². The minimum absolute atomic E-state index is 0.183. The number of rotatable bonds is 3. The van der Waals surface area contributed by atoms with E-state index in [1.54, 1.807) is 18.2 Å². The van der Waals surface area contributed by atoms with Gasteiger partial charge in [0.1, 0.15) is 5.82 Å². The molecule has 0 radical (unpaired) electrons. The van der Waals surface area contributed by atoms with Crippen molar-refractivity contribution in [2.75, 3.05) is 10.5 Å². The first-order valence-corrected chi connectivity index (χ1v) is 7.25. The summed E-state index contributed by atoms with van der Waals surface area (Å²) in [4.78, 5) is 4.00. The van der Waals surface area contributed by atoms with E-state index in [0.29, 0.717) is 11.5 Å². The summed E-state index contributed by atoms with van der Waals surface area (Å²) in [7, 11) is -3.59. The van der Waals surface area contributed by atoms with Crippen LogP contribution in [0.5, 0.6) is 0 Å². The minimum Gasteiger partial charge on any atom is -0.384 e. The number of halogens is 1. The summed E-state index contributed by atoms with van der Waals surface area (Å²) >= 11 is 3.25. The highest BCUT2D eigenvalue weighted by Gasteiger charge is 2.13. The second kappa shape index (κ2) is 4.95. The van der Waals surface area contributed by atoms with Gasteiger partial charge in [0.05, 0.1) is 16.8 Å². The number of nitrogens with one attached hydrogen (secondary N) is 1. The number of nitrogens with two attached hydrogens (primary N) is 1. The van der Waals surface area contributed by atoms with Gasteiger partial charge in [-0.2, -0.15) is 0 Å². The highest BCUT2D eigenvalue weighted by molar-refractivity contribution is 9.10. The predicted octanol–water partition coefficient (Wildman–Crippen LogP) is 2.23. The molecule has 2 aromatic rings. The molecule has 1 heterocycles. The minimum atomic E-state index is -3.59. The van der Waals surface area contributed by atoms with Gasteiger partial charge in [-0.05, 0) is 36.4 Å². The third kappa shape index (κ3) is 2.99. The summed E-state index contributed by atoms with van der Waals surface area (Å²) in [6.45, 7) is 0. The first kappa shape index (κ1) is 12.8. The van der Waals surface area contributed by atoms with E-state index in [2.05, 4.69) is 25.6 Å². The zero-order valence-electron chi connectivity index (χ0n) is 9.17. The highest BCUT2D eigenvalue weighted by Crippen LogP contribution is 2.18. The Morgan fingerprint density at radius 2 is 1.78 bits per heavy atom. The standard InChI is InChI=1S/C11H10BrN3O2S/c12-8-1-4-10(5-2-8)18(16,17)15-9-3-6-11(13)14-7-9/h1-7,15H,(H2,13,14). The summed E-state index contributed by atoms with van der Waals surface area (Å²) in [5, 5.41) is 0. The lowest BCUT2D eigenvalue weighted by atomic mass is 10.4. The SMILES string of the molecule is Nc1ccc(NS(=O)(=O)c2ccc(Br)cc2)cn1. The Labute approximate surface area is 113 Å². The lowest BCUT2D eigenvalue weighted by Gasteiger charge is -2.07. The van der Waals surface area contributed by atoms with Crippen LogP contribution in [0.3, 0.4) is 0 Å². The average molecular weight is 328 g/mol. The van der Waals surface area contributed by atoms with E-state index in [-0.39, 0.29) is 4.90 Å². The maximum atomic E-state index is 12.0. The lowest BCUT2D eigenvalue weighted by Crippen LogP contribution is -2.13. The third-order valence-corrected chi connectivity index (χ3v) is 4.09. The van der Waals surface area contributed by atoms with Gasteiger partial charge >= 0.3 is 0 Å². The van der Waals surface area contributed by atoms with Crippen LogP contribution in [0.4, 0.5) is 11.5 Å². The number of aromatic nitrogens is 1. The van der Waals surface area contributed by atoms with Crippen molar-refractivity contribution < 1.29 is 8.42 Å². The molecule has 0 saturated carbocycles. The zero-order chi connectivity index (χ0) is 13.2. The number of benzene rings is 1. The Bertz CT molecular complexity index is 639. The number of sulfonamides is 1. The summed E-state index contributed by atoms with van der Waals surface area (Å²) in [6, 6.07) is 9.43. The van der Waals surface area contributed by atoms with Crippen molar-refractivity contribution in [1.82, 2.24) is 4.98 Å². The fraction of sp³-hybridized carbons (Fsp3) is 0. The van der Waals surface area contributed by atoms with Crippen molar-refractivity contribution in [2.24, 2.45) is 0 Å². The Kier molecular flexibility index (Phi) is 3.53. The Morgan fingerprint density at radius 1 is 1.11 bits per heavy atom. The molecular formula is C11H10BrN3O2S. The summed E-state index contributed by atoms with van der Waals surface area (Å²) < 4.78 is 27.3. The van der Waals surface area contributed by atoms with E-state index in [1.807, 2.05) is 0 Å². The number of pyridine rings is 1. The monoisotopic (exact) mass is 327 g/mol. The van der Waals surface area contributed by atoms with Crippen LogP contribution in [0.1, 0.15) is 0 Å².